The molecule has 0 saturated heterocycles. The third-order valence-corrected chi connectivity index (χ3v) is 14.7. The first-order valence-corrected chi connectivity index (χ1v) is 21.1. The quantitative estimate of drug-likeness (QED) is 0.162. The number of hydrogen-bond donors (Lipinski definition) is 0. The van der Waals surface area contributed by atoms with Crippen LogP contribution in [-0.4, -0.2) is 5.54 Å². The van der Waals surface area contributed by atoms with Gasteiger partial charge in [-0.2, -0.15) is 0 Å². The van der Waals surface area contributed by atoms with E-state index in [0.717, 1.165) is 0 Å². The predicted octanol–water partition coefficient (Wildman–Crippen LogP) is 16.1. The number of fused-ring (bicyclic) bond motifs is 5. The van der Waals surface area contributed by atoms with Crippen LogP contribution in [0.5, 0.6) is 0 Å². The summed E-state index contributed by atoms with van der Waals surface area (Å²) in [6, 6.07) is 66.6. The van der Waals surface area contributed by atoms with E-state index < -0.39 is 0 Å². The lowest BCUT2D eigenvalue weighted by atomic mass is 9.58. The summed E-state index contributed by atoms with van der Waals surface area (Å²) in [6.45, 7) is 7.56. The lowest BCUT2D eigenvalue weighted by Crippen LogP contribution is -2.56. The second-order valence-electron chi connectivity index (χ2n) is 17.8. The summed E-state index contributed by atoms with van der Waals surface area (Å²) in [5, 5.41) is 13.0. The van der Waals surface area contributed by atoms with Crippen molar-refractivity contribution < 1.29 is 0 Å². The maximum absolute atomic E-state index is 2.70. The Hall–Kier alpha value is -6.44. The van der Waals surface area contributed by atoms with E-state index in [9.17, 15) is 0 Å². The van der Waals surface area contributed by atoms with Crippen molar-refractivity contribution in [3.8, 4) is 33.4 Å². The molecule has 0 bridgehead atoms. The van der Waals surface area contributed by atoms with Gasteiger partial charge in [0.25, 0.3) is 0 Å². The minimum atomic E-state index is -0.0393. The summed E-state index contributed by atoms with van der Waals surface area (Å²) in [6.07, 6.45) is 3.69. The molecule has 12 rings (SSSR count). The van der Waals surface area contributed by atoms with Crippen LogP contribution in [0.2, 0.25) is 0 Å². The van der Waals surface area contributed by atoms with Gasteiger partial charge in [-0.25, -0.2) is 0 Å². The molecule has 1 heteroatoms. The van der Waals surface area contributed by atoms with E-state index in [4.69, 9.17) is 0 Å². The zero-order chi connectivity index (χ0) is 38.8. The van der Waals surface area contributed by atoms with Gasteiger partial charge in [0.2, 0.25) is 0 Å². The fourth-order valence-corrected chi connectivity index (χ4v) is 11.6. The van der Waals surface area contributed by atoms with Gasteiger partial charge in [0, 0.05) is 17.3 Å². The highest BCUT2D eigenvalue weighted by Gasteiger charge is 2.58. The molecule has 2 unspecified atom stereocenters. The molecule has 10 aromatic carbocycles. The largest absolute Gasteiger partial charge is 0.334 e. The van der Waals surface area contributed by atoms with Crippen molar-refractivity contribution in [3.05, 3.63) is 181 Å². The maximum Gasteiger partial charge on any atom is 0.0543 e. The number of anilines is 2. The van der Waals surface area contributed by atoms with Gasteiger partial charge in [0.05, 0.1) is 5.54 Å². The molecule has 2 atom stereocenters. The van der Waals surface area contributed by atoms with Crippen molar-refractivity contribution in [2.24, 2.45) is 5.41 Å². The molecule has 278 valence electrons. The zero-order valence-corrected chi connectivity index (χ0v) is 33.4. The van der Waals surface area contributed by atoms with E-state index in [1.54, 1.807) is 0 Å². The zero-order valence-electron chi connectivity index (χ0n) is 33.4. The Kier molecular flexibility index (Phi) is 7.13. The van der Waals surface area contributed by atoms with Crippen molar-refractivity contribution >= 4 is 65.2 Å². The molecule has 58 heavy (non-hydrogen) atoms. The molecule has 1 fully saturated rings. The molecule has 0 N–H and O–H groups in total. The van der Waals surface area contributed by atoms with Crippen molar-refractivity contribution in [1.82, 2.24) is 0 Å². The molecular formula is C57H45N. The molecule has 0 spiro atoms. The monoisotopic (exact) mass is 743 g/mol. The molecule has 0 amide bonds. The van der Waals surface area contributed by atoms with Crippen LogP contribution < -0.4 is 4.90 Å². The lowest BCUT2D eigenvalue weighted by molar-refractivity contribution is 0.101. The van der Waals surface area contributed by atoms with Crippen LogP contribution >= 0.6 is 0 Å². The van der Waals surface area contributed by atoms with Crippen LogP contribution in [0.15, 0.2) is 176 Å². The van der Waals surface area contributed by atoms with Crippen LogP contribution in [-0.2, 0) is 0 Å². The number of benzene rings is 10. The van der Waals surface area contributed by atoms with Crippen molar-refractivity contribution in [2.45, 2.75) is 51.5 Å². The summed E-state index contributed by atoms with van der Waals surface area (Å²) in [7, 11) is 0. The molecule has 0 aromatic heterocycles. The van der Waals surface area contributed by atoms with E-state index in [0.29, 0.717) is 5.92 Å². The van der Waals surface area contributed by atoms with Gasteiger partial charge in [-0.15, -0.1) is 0 Å². The molecule has 2 aliphatic rings. The van der Waals surface area contributed by atoms with Gasteiger partial charge < -0.3 is 4.90 Å². The van der Waals surface area contributed by atoms with E-state index >= 15 is 0 Å². The normalized spacial score (nSPS) is 18.7. The Bertz CT molecular complexity index is 3250. The van der Waals surface area contributed by atoms with E-state index in [2.05, 4.69) is 202 Å². The summed E-state index contributed by atoms with van der Waals surface area (Å²) in [4.78, 5) is 2.70. The van der Waals surface area contributed by atoms with Crippen LogP contribution in [0.3, 0.4) is 0 Å². The van der Waals surface area contributed by atoms with E-state index in [1.807, 2.05) is 0 Å². The topological polar surface area (TPSA) is 3.24 Å². The molecule has 0 radical (unpaired) electrons. The van der Waals surface area contributed by atoms with Gasteiger partial charge >= 0.3 is 0 Å². The number of hydrogen-bond acceptors (Lipinski definition) is 1. The SMILES string of the molecule is CC1(C)CCCC2c3cc(-c4cc(-c5cccc6ccccc56)c5ccc6ccc(-c7cccc8ccccc78)c7ccc4c5c67)ccc3N(c3ccccc3)C21C. The minimum Gasteiger partial charge on any atom is -0.334 e. The van der Waals surface area contributed by atoms with E-state index in [1.165, 1.54) is 123 Å². The highest BCUT2D eigenvalue weighted by molar-refractivity contribution is 6.31. The molecule has 1 aliphatic carbocycles. The molecule has 1 heterocycles. The molecule has 1 aliphatic heterocycles. The molecule has 1 nitrogen and oxygen atoms in total. The highest BCUT2D eigenvalue weighted by atomic mass is 15.3. The fraction of sp³-hybridized carbons (Fsp3) is 0.158. The predicted molar refractivity (Wildman–Crippen MR) is 249 cm³/mol. The average Bonchev–Trinajstić information content (AvgIpc) is 3.53. The lowest BCUT2D eigenvalue weighted by Gasteiger charge is -2.55. The van der Waals surface area contributed by atoms with Crippen molar-refractivity contribution in [3.63, 3.8) is 0 Å². The van der Waals surface area contributed by atoms with Gasteiger partial charge in [-0.05, 0) is 148 Å². The van der Waals surface area contributed by atoms with Crippen LogP contribution in [0.25, 0.3) is 87.2 Å². The summed E-state index contributed by atoms with van der Waals surface area (Å²) in [5.74, 6) is 0.437. The third kappa shape index (κ3) is 4.59. The first kappa shape index (κ1) is 33.7. The standard InChI is InChI=1S/C57H45N/c1-56(2)33-13-24-52-51-34-39(27-32-53(51)58(57(52,56)3)40-18-5-4-6-19-40)49-35-50(44-23-12-17-37-15-8-10-21-42(37)44)48-29-26-38-25-28-45(46-30-31-47(49)55(48)54(38)46)43-22-11-16-36-14-7-9-20-41(36)43/h4-12,14-23,25-32,34-35,52H,13,24,33H2,1-3H3. The maximum atomic E-state index is 2.70. The summed E-state index contributed by atoms with van der Waals surface area (Å²) in [5.41, 5.74) is 12.0. The highest BCUT2D eigenvalue weighted by Crippen LogP contribution is 2.64. The molecule has 10 aromatic rings. The third-order valence-electron chi connectivity index (χ3n) is 14.7. The van der Waals surface area contributed by atoms with Gasteiger partial charge in [0.15, 0.2) is 0 Å². The smallest absolute Gasteiger partial charge is 0.0543 e. The van der Waals surface area contributed by atoms with E-state index in [-0.39, 0.29) is 11.0 Å². The van der Waals surface area contributed by atoms with Gasteiger partial charge in [-0.3, -0.25) is 0 Å². The first-order chi connectivity index (χ1) is 28.4. The Morgan fingerprint density at radius 1 is 0.448 bits per heavy atom. The Labute approximate surface area is 340 Å². The Morgan fingerprint density at radius 2 is 1.03 bits per heavy atom. The van der Waals surface area contributed by atoms with Gasteiger partial charge in [0.1, 0.15) is 0 Å². The fourth-order valence-electron chi connectivity index (χ4n) is 11.6. The number of para-hydroxylation sites is 1. The second kappa shape index (κ2) is 12.3. The summed E-state index contributed by atoms with van der Waals surface area (Å²) < 4.78 is 0. The Balaban J connectivity index is 1.16. The summed E-state index contributed by atoms with van der Waals surface area (Å²) >= 11 is 0. The van der Waals surface area contributed by atoms with Crippen molar-refractivity contribution in [2.75, 3.05) is 4.90 Å². The average molecular weight is 744 g/mol. The van der Waals surface area contributed by atoms with Crippen LogP contribution in [0.4, 0.5) is 11.4 Å². The van der Waals surface area contributed by atoms with Crippen LogP contribution in [0, 0.1) is 5.41 Å². The number of rotatable bonds is 4. The van der Waals surface area contributed by atoms with Crippen LogP contribution in [0.1, 0.15) is 51.5 Å². The van der Waals surface area contributed by atoms with Crippen molar-refractivity contribution in [1.29, 1.82) is 0 Å². The first-order valence-electron chi connectivity index (χ1n) is 21.1. The Morgan fingerprint density at radius 3 is 1.78 bits per heavy atom. The number of nitrogens with zero attached hydrogens (tertiary/aromatic N) is 1. The molecule has 1 saturated carbocycles. The van der Waals surface area contributed by atoms with Gasteiger partial charge in [-0.1, -0.05) is 166 Å². The second-order valence-corrected chi connectivity index (χ2v) is 17.8. The minimum absolute atomic E-state index is 0.0393. The molecular weight excluding hydrogens is 699 g/mol.